The minimum Gasteiger partial charge on any atom is -0.482 e. The van der Waals surface area contributed by atoms with E-state index in [4.69, 9.17) is 9.84 Å². The third kappa shape index (κ3) is 4.63. The molecule has 2 aromatic carbocycles. The quantitative estimate of drug-likeness (QED) is 0.765. The molecule has 0 saturated heterocycles. The van der Waals surface area contributed by atoms with Crippen LogP contribution in [0.15, 0.2) is 48.5 Å². The number of carbonyl (C=O) groups excluding carboxylic acids is 1. The molecule has 2 aromatic rings. The molecule has 1 fully saturated rings. The topological polar surface area (TPSA) is 75.6 Å². The SMILES string of the molecule is Cc1ccccc1C1CC1C(=O)NCCc1ccc(OCC(=O)O)cc1. The Kier molecular flexibility index (Phi) is 5.56. The van der Waals surface area contributed by atoms with Gasteiger partial charge in [0.1, 0.15) is 5.75 Å². The summed E-state index contributed by atoms with van der Waals surface area (Å²) in [6.45, 7) is 2.33. The highest BCUT2D eigenvalue weighted by Gasteiger charge is 2.44. The van der Waals surface area contributed by atoms with Crippen LogP contribution in [-0.4, -0.2) is 30.1 Å². The van der Waals surface area contributed by atoms with Crippen LogP contribution >= 0.6 is 0 Å². The summed E-state index contributed by atoms with van der Waals surface area (Å²) >= 11 is 0. The van der Waals surface area contributed by atoms with Gasteiger partial charge in [-0.05, 0) is 54.5 Å². The molecule has 2 atom stereocenters. The maximum Gasteiger partial charge on any atom is 0.341 e. The van der Waals surface area contributed by atoms with E-state index in [0.29, 0.717) is 18.2 Å². The maximum atomic E-state index is 12.3. The summed E-state index contributed by atoms with van der Waals surface area (Å²) in [5.41, 5.74) is 3.60. The molecule has 0 aromatic heterocycles. The molecule has 0 heterocycles. The molecule has 5 heteroatoms. The second-order valence-electron chi connectivity index (χ2n) is 6.67. The van der Waals surface area contributed by atoms with Crippen LogP contribution in [0.2, 0.25) is 0 Å². The van der Waals surface area contributed by atoms with Crippen LogP contribution in [0.25, 0.3) is 0 Å². The summed E-state index contributed by atoms with van der Waals surface area (Å²) in [4.78, 5) is 22.8. The van der Waals surface area contributed by atoms with Crippen LogP contribution in [0.4, 0.5) is 0 Å². The summed E-state index contributed by atoms with van der Waals surface area (Å²) < 4.78 is 5.10. The Balaban J connectivity index is 1.42. The lowest BCUT2D eigenvalue weighted by molar-refractivity contribution is -0.139. The highest BCUT2D eigenvalue weighted by atomic mass is 16.5. The number of carbonyl (C=O) groups is 2. The molecule has 136 valence electrons. The summed E-state index contributed by atoms with van der Waals surface area (Å²) in [6.07, 6.45) is 1.65. The van der Waals surface area contributed by atoms with Crippen molar-refractivity contribution in [2.75, 3.05) is 13.2 Å². The zero-order valence-corrected chi connectivity index (χ0v) is 14.8. The largest absolute Gasteiger partial charge is 0.482 e. The molecule has 0 spiro atoms. The monoisotopic (exact) mass is 353 g/mol. The number of hydrogen-bond acceptors (Lipinski definition) is 3. The molecule has 0 bridgehead atoms. The van der Waals surface area contributed by atoms with E-state index >= 15 is 0 Å². The maximum absolute atomic E-state index is 12.3. The third-order valence-corrected chi connectivity index (χ3v) is 4.71. The predicted molar refractivity (Wildman–Crippen MR) is 98.3 cm³/mol. The molecule has 26 heavy (non-hydrogen) atoms. The summed E-state index contributed by atoms with van der Waals surface area (Å²) in [5.74, 6) is 0.0875. The van der Waals surface area contributed by atoms with E-state index in [0.717, 1.165) is 18.4 Å². The van der Waals surface area contributed by atoms with Gasteiger partial charge in [0.15, 0.2) is 6.61 Å². The average Bonchev–Trinajstić information content (AvgIpc) is 3.42. The second-order valence-corrected chi connectivity index (χ2v) is 6.67. The van der Waals surface area contributed by atoms with Crippen LogP contribution in [0, 0.1) is 12.8 Å². The van der Waals surface area contributed by atoms with Crippen molar-refractivity contribution in [2.24, 2.45) is 5.92 Å². The number of amides is 1. The molecule has 0 radical (unpaired) electrons. The van der Waals surface area contributed by atoms with Crippen molar-refractivity contribution in [2.45, 2.75) is 25.7 Å². The summed E-state index contributed by atoms with van der Waals surface area (Å²) in [6, 6.07) is 15.5. The third-order valence-electron chi connectivity index (χ3n) is 4.71. The number of rotatable bonds is 8. The molecule has 3 rings (SSSR count). The number of aryl methyl sites for hydroxylation is 1. The average molecular weight is 353 g/mol. The van der Waals surface area contributed by atoms with E-state index in [9.17, 15) is 9.59 Å². The van der Waals surface area contributed by atoms with Crippen molar-refractivity contribution in [3.8, 4) is 5.75 Å². The molecule has 1 aliphatic carbocycles. The molecule has 1 saturated carbocycles. The Hall–Kier alpha value is -2.82. The van der Waals surface area contributed by atoms with E-state index in [1.54, 1.807) is 12.1 Å². The van der Waals surface area contributed by atoms with Crippen LogP contribution in [0.3, 0.4) is 0 Å². The van der Waals surface area contributed by atoms with Gasteiger partial charge in [-0.15, -0.1) is 0 Å². The Morgan fingerprint density at radius 2 is 1.88 bits per heavy atom. The predicted octanol–water partition coefficient (Wildman–Crippen LogP) is 2.92. The number of aliphatic carboxylic acids is 1. The van der Waals surface area contributed by atoms with Crippen molar-refractivity contribution in [3.05, 3.63) is 65.2 Å². The molecule has 0 aliphatic heterocycles. The lowest BCUT2D eigenvalue weighted by atomic mass is 10.0. The van der Waals surface area contributed by atoms with E-state index in [1.807, 2.05) is 24.3 Å². The molecular weight excluding hydrogens is 330 g/mol. The van der Waals surface area contributed by atoms with Gasteiger partial charge in [0.2, 0.25) is 5.91 Å². The summed E-state index contributed by atoms with van der Waals surface area (Å²) in [7, 11) is 0. The molecule has 5 nitrogen and oxygen atoms in total. The van der Waals surface area contributed by atoms with E-state index in [2.05, 4.69) is 24.4 Å². The van der Waals surface area contributed by atoms with E-state index < -0.39 is 5.97 Å². The molecular formula is C21H23NO4. The normalized spacial score (nSPS) is 18.2. The van der Waals surface area contributed by atoms with Gasteiger partial charge in [-0.1, -0.05) is 36.4 Å². The Morgan fingerprint density at radius 3 is 2.58 bits per heavy atom. The first-order valence-corrected chi connectivity index (χ1v) is 8.81. The standard InChI is InChI=1S/C21H23NO4/c1-14-4-2-3-5-17(14)18-12-19(18)21(25)22-11-10-15-6-8-16(9-7-15)26-13-20(23)24/h2-9,18-19H,10-13H2,1H3,(H,22,25)(H,23,24). The van der Waals surface area contributed by atoms with Gasteiger partial charge >= 0.3 is 5.97 Å². The van der Waals surface area contributed by atoms with Crippen molar-refractivity contribution in [3.63, 3.8) is 0 Å². The van der Waals surface area contributed by atoms with Crippen LogP contribution in [0.1, 0.15) is 29.0 Å². The van der Waals surface area contributed by atoms with Gasteiger partial charge in [0, 0.05) is 12.5 Å². The number of carboxylic acids is 1. The van der Waals surface area contributed by atoms with Gasteiger partial charge in [-0.2, -0.15) is 0 Å². The lowest BCUT2D eigenvalue weighted by Crippen LogP contribution is -2.27. The number of hydrogen-bond donors (Lipinski definition) is 2. The molecule has 1 aliphatic rings. The summed E-state index contributed by atoms with van der Waals surface area (Å²) in [5, 5.41) is 11.6. The molecule has 2 N–H and O–H groups in total. The minimum absolute atomic E-state index is 0.0860. The fourth-order valence-electron chi connectivity index (χ4n) is 3.19. The van der Waals surface area contributed by atoms with Crippen molar-refractivity contribution in [1.29, 1.82) is 0 Å². The highest BCUT2D eigenvalue weighted by molar-refractivity contribution is 5.83. The number of benzene rings is 2. The first-order chi connectivity index (χ1) is 12.5. The zero-order valence-electron chi connectivity index (χ0n) is 14.8. The Labute approximate surface area is 153 Å². The minimum atomic E-state index is -0.999. The number of carboxylic acid groups (broad SMARTS) is 1. The smallest absolute Gasteiger partial charge is 0.341 e. The van der Waals surface area contributed by atoms with Gasteiger partial charge in [-0.3, -0.25) is 4.79 Å². The molecule has 2 unspecified atom stereocenters. The van der Waals surface area contributed by atoms with E-state index in [-0.39, 0.29) is 18.4 Å². The number of ether oxygens (including phenoxy) is 1. The van der Waals surface area contributed by atoms with Crippen molar-refractivity contribution in [1.82, 2.24) is 5.32 Å². The van der Waals surface area contributed by atoms with Gasteiger partial charge in [-0.25, -0.2) is 4.79 Å². The van der Waals surface area contributed by atoms with E-state index in [1.165, 1.54) is 11.1 Å². The van der Waals surface area contributed by atoms with Crippen LogP contribution in [0.5, 0.6) is 5.75 Å². The van der Waals surface area contributed by atoms with Crippen molar-refractivity contribution >= 4 is 11.9 Å². The van der Waals surface area contributed by atoms with Crippen LogP contribution in [-0.2, 0) is 16.0 Å². The van der Waals surface area contributed by atoms with Crippen molar-refractivity contribution < 1.29 is 19.4 Å². The second kappa shape index (κ2) is 8.04. The first-order valence-electron chi connectivity index (χ1n) is 8.81. The fourth-order valence-corrected chi connectivity index (χ4v) is 3.19. The fraction of sp³-hybridized carbons (Fsp3) is 0.333. The Bertz CT molecular complexity index is 785. The van der Waals surface area contributed by atoms with Gasteiger partial charge in [0.25, 0.3) is 0 Å². The lowest BCUT2D eigenvalue weighted by Gasteiger charge is -2.08. The molecule has 1 amide bonds. The van der Waals surface area contributed by atoms with Gasteiger partial charge < -0.3 is 15.2 Å². The highest BCUT2D eigenvalue weighted by Crippen LogP contribution is 2.48. The van der Waals surface area contributed by atoms with Crippen LogP contribution < -0.4 is 10.1 Å². The number of nitrogens with one attached hydrogen (secondary N) is 1. The first kappa shape index (κ1) is 18.0. The zero-order chi connectivity index (χ0) is 18.5. The Morgan fingerprint density at radius 1 is 1.15 bits per heavy atom. The van der Waals surface area contributed by atoms with Gasteiger partial charge in [0.05, 0.1) is 0 Å².